The highest BCUT2D eigenvalue weighted by Gasteiger charge is 2.13. The Morgan fingerprint density at radius 1 is 1.35 bits per heavy atom. The van der Waals surface area contributed by atoms with Gasteiger partial charge in [0.2, 0.25) is 11.8 Å². The van der Waals surface area contributed by atoms with E-state index in [1.54, 1.807) is 6.20 Å². The number of aromatic nitrogens is 3. The van der Waals surface area contributed by atoms with Gasteiger partial charge in [-0.1, -0.05) is 12.1 Å². The van der Waals surface area contributed by atoms with E-state index in [4.69, 9.17) is 9.26 Å². The lowest BCUT2D eigenvalue weighted by molar-refractivity contribution is -0.121. The fourth-order valence-corrected chi connectivity index (χ4v) is 2.76. The summed E-state index contributed by atoms with van der Waals surface area (Å²) in [6.07, 6.45) is 4.28. The topological polar surface area (TPSA) is 93.4 Å². The second kappa shape index (κ2) is 9.28. The third kappa shape index (κ3) is 5.26. The molecule has 3 heterocycles. The molecule has 0 atom stereocenters. The lowest BCUT2D eigenvalue weighted by atomic mass is 10.2. The number of anilines is 1. The molecule has 0 unspecified atom stereocenters. The maximum absolute atomic E-state index is 12.0. The largest absolute Gasteiger partial charge is 0.378 e. The van der Waals surface area contributed by atoms with E-state index in [1.807, 2.05) is 19.1 Å². The number of nitrogens with zero attached hydrogens (tertiary/aromatic N) is 4. The summed E-state index contributed by atoms with van der Waals surface area (Å²) >= 11 is 0. The third-order valence-corrected chi connectivity index (χ3v) is 4.26. The molecule has 3 rings (SSSR count). The molecule has 26 heavy (non-hydrogen) atoms. The van der Waals surface area contributed by atoms with Crippen LogP contribution in [-0.2, 0) is 28.9 Å². The van der Waals surface area contributed by atoms with Gasteiger partial charge in [0.25, 0.3) is 0 Å². The standard InChI is InChI=1S/C18H25N5O3/c1-2-15-21-18(26-22-15)5-3-4-17(24)20-13-14-6-7-19-16(12-14)23-8-10-25-11-9-23/h6-7,12H,2-5,8-11,13H2,1H3,(H,20,24). The lowest BCUT2D eigenvalue weighted by Gasteiger charge is -2.28. The van der Waals surface area contributed by atoms with Crippen LogP contribution in [0.15, 0.2) is 22.9 Å². The minimum Gasteiger partial charge on any atom is -0.378 e. The number of amides is 1. The SMILES string of the molecule is CCc1noc(CCCC(=O)NCc2ccnc(N3CCOCC3)c2)n1. The lowest BCUT2D eigenvalue weighted by Crippen LogP contribution is -2.36. The van der Waals surface area contributed by atoms with Gasteiger partial charge in [-0.3, -0.25) is 4.79 Å². The minimum atomic E-state index is 0.0185. The molecule has 2 aromatic heterocycles. The summed E-state index contributed by atoms with van der Waals surface area (Å²) in [5.41, 5.74) is 1.04. The molecule has 140 valence electrons. The maximum Gasteiger partial charge on any atom is 0.226 e. The van der Waals surface area contributed by atoms with E-state index in [0.29, 0.717) is 37.5 Å². The number of carbonyl (C=O) groups is 1. The van der Waals surface area contributed by atoms with E-state index in [2.05, 4.69) is 25.3 Å². The van der Waals surface area contributed by atoms with Crippen LogP contribution in [0, 0.1) is 0 Å². The van der Waals surface area contributed by atoms with Crippen LogP contribution in [0.3, 0.4) is 0 Å². The first-order valence-corrected chi connectivity index (χ1v) is 9.10. The van der Waals surface area contributed by atoms with Gasteiger partial charge in [-0.05, 0) is 24.1 Å². The Hall–Kier alpha value is -2.48. The molecule has 1 N–H and O–H groups in total. The van der Waals surface area contributed by atoms with E-state index in [-0.39, 0.29) is 5.91 Å². The van der Waals surface area contributed by atoms with Crippen LogP contribution in [0.4, 0.5) is 5.82 Å². The molecule has 2 aromatic rings. The molecule has 1 saturated heterocycles. The Kier molecular flexibility index (Phi) is 6.54. The van der Waals surface area contributed by atoms with Crippen molar-refractivity contribution in [3.63, 3.8) is 0 Å². The predicted molar refractivity (Wildman–Crippen MR) is 95.7 cm³/mol. The summed E-state index contributed by atoms with van der Waals surface area (Å²) in [4.78, 5) is 22.9. The third-order valence-electron chi connectivity index (χ3n) is 4.26. The second-order valence-corrected chi connectivity index (χ2v) is 6.21. The molecule has 0 aromatic carbocycles. The van der Waals surface area contributed by atoms with Gasteiger partial charge in [-0.25, -0.2) is 4.98 Å². The molecule has 0 bridgehead atoms. The maximum atomic E-state index is 12.0. The Morgan fingerprint density at radius 3 is 2.96 bits per heavy atom. The molecule has 1 aliphatic heterocycles. The smallest absolute Gasteiger partial charge is 0.226 e. The highest BCUT2D eigenvalue weighted by Crippen LogP contribution is 2.14. The van der Waals surface area contributed by atoms with Crippen molar-refractivity contribution in [1.82, 2.24) is 20.4 Å². The molecule has 0 spiro atoms. The van der Waals surface area contributed by atoms with Crippen LogP contribution in [0.25, 0.3) is 0 Å². The summed E-state index contributed by atoms with van der Waals surface area (Å²) in [6, 6.07) is 3.95. The van der Waals surface area contributed by atoms with Crippen molar-refractivity contribution in [2.75, 3.05) is 31.2 Å². The van der Waals surface area contributed by atoms with E-state index in [1.165, 1.54) is 0 Å². The molecule has 1 aliphatic rings. The van der Waals surface area contributed by atoms with E-state index < -0.39 is 0 Å². The minimum absolute atomic E-state index is 0.0185. The van der Waals surface area contributed by atoms with Crippen molar-refractivity contribution in [2.45, 2.75) is 39.2 Å². The molecule has 1 fully saturated rings. The van der Waals surface area contributed by atoms with Gasteiger partial charge in [0.15, 0.2) is 5.82 Å². The summed E-state index contributed by atoms with van der Waals surface area (Å²) in [5.74, 6) is 2.25. The second-order valence-electron chi connectivity index (χ2n) is 6.21. The highest BCUT2D eigenvalue weighted by atomic mass is 16.5. The number of carbonyl (C=O) groups excluding carboxylic acids is 1. The summed E-state index contributed by atoms with van der Waals surface area (Å²) in [6.45, 7) is 5.62. The van der Waals surface area contributed by atoms with Crippen molar-refractivity contribution in [3.8, 4) is 0 Å². The number of rotatable bonds is 8. The number of hydrogen-bond donors (Lipinski definition) is 1. The van der Waals surface area contributed by atoms with Gasteiger partial charge in [-0.2, -0.15) is 4.98 Å². The Morgan fingerprint density at radius 2 is 2.19 bits per heavy atom. The van der Waals surface area contributed by atoms with Crippen molar-refractivity contribution < 1.29 is 14.1 Å². The van der Waals surface area contributed by atoms with Gasteiger partial charge in [0.1, 0.15) is 5.82 Å². The van der Waals surface area contributed by atoms with Gasteiger partial charge < -0.3 is 19.5 Å². The number of aryl methyl sites for hydroxylation is 2. The fourth-order valence-electron chi connectivity index (χ4n) is 2.76. The fraction of sp³-hybridized carbons (Fsp3) is 0.556. The monoisotopic (exact) mass is 359 g/mol. The van der Waals surface area contributed by atoms with Crippen LogP contribution in [0.5, 0.6) is 0 Å². The molecule has 0 saturated carbocycles. The number of hydrogen-bond acceptors (Lipinski definition) is 7. The van der Waals surface area contributed by atoms with Crippen LogP contribution >= 0.6 is 0 Å². The summed E-state index contributed by atoms with van der Waals surface area (Å²) in [7, 11) is 0. The summed E-state index contributed by atoms with van der Waals surface area (Å²) in [5, 5.41) is 6.81. The normalized spacial score (nSPS) is 14.4. The van der Waals surface area contributed by atoms with Crippen LogP contribution < -0.4 is 10.2 Å². The van der Waals surface area contributed by atoms with Crippen molar-refractivity contribution in [1.29, 1.82) is 0 Å². The number of nitrogens with one attached hydrogen (secondary N) is 1. The van der Waals surface area contributed by atoms with Crippen LogP contribution in [-0.4, -0.2) is 47.3 Å². The van der Waals surface area contributed by atoms with Gasteiger partial charge in [0.05, 0.1) is 13.2 Å². The quantitative estimate of drug-likeness (QED) is 0.763. The van der Waals surface area contributed by atoms with Gasteiger partial charge in [0, 0.05) is 45.1 Å². The zero-order chi connectivity index (χ0) is 18.2. The Balaban J connectivity index is 1.41. The Bertz CT molecular complexity index is 712. The number of morpholine rings is 1. The molecular formula is C18H25N5O3. The van der Waals surface area contributed by atoms with E-state index >= 15 is 0 Å². The van der Waals surface area contributed by atoms with Crippen molar-refractivity contribution in [2.24, 2.45) is 0 Å². The van der Waals surface area contributed by atoms with E-state index in [9.17, 15) is 4.79 Å². The molecule has 0 radical (unpaired) electrons. The van der Waals surface area contributed by atoms with E-state index in [0.717, 1.165) is 44.1 Å². The van der Waals surface area contributed by atoms with Crippen LogP contribution in [0.1, 0.15) is 37.0 Å². The van der Waals surface area contributed by atoms with Crippen molar-refractivity contribution in [3.05, 3.63) is 35.6 Å². The van der Waals surface area contributed by atoms with Crippen LogP contribution in [0.2, 0.25) is 0 Å². The zero-order valence-corrected chi connectivity index (χ0v) is 15.1. The summed E-state index contributed by atoms with van der Waals surface area (Å²) < 4.78 is 10.5. The average Bonchev–Trinajstić information content (AvgIpc) is 3.15. The predicted octanol–water partition coefficient (Wildman–Crippen LogP) is 1.50. The first-order chi connectivity index (χ1) is 12.7. The molecular weight excluding hydrogens is 334 g/mol. The van der Waals surface area contributed by atoms with Crippen molar-refractivity contribution >= 4 is 11.7 Å². The Labute approximate surface area is 152 Å². The average molecular weight is 359 g/mol. The highest BCUT2D eigenvalue weighted by molar-refractivity contribution is 5.75. The number of ether oxygens (including phenoxy) is 1. The first kappa shape index (κ1) is 18.3. The molecule has 8 nitrogen and oxygen atoms in total. The molecule has 8 heteroatoms. The molecule has 1 amide bonds. The van der Waals surface area contributed by atoms with Gasteiger partial charge >= 0.3 is 0 Å². The zero-order valence-electron chi connectivity index (χ0n) is 15.1. The number of pyridine rings is 1. The first-order valence-electron chi connectivity index (χ1n) is 9.10. The molecule has 0 aliphatic carbocycles. The van der Waals surface area contributed by atoms with Gasteiger partial charge in [-0.15, -0.1) is 0 Å².